The lowest BCUT2D eigenvalue weighted by Crippen LogP contribution is -2.41. The third-order valence-corrected chi connectivity index (χ3v) is 4.99. The average molecular weight is 419 g/mol. The van der Waals surface area contributed by atoms with E-state index in [0.717, 1.165) is 32.2 Å². The van der Waals surface area contributed by atoms with Crippen LogP contribution in [-0.2, 0) is 28.8 Å². The van der Waals surface area contributed by atoms with E-state index < -0.39 is 17.8 Å². The third-order valence-electron chi connectivity index (χ3n) is 4.99. The number of rotatable bonds is 11. The Kier molecular flexibility index (Phi) is 9.04. The zero-order valence-corrected chi connectivity index (χ0v) is 16.9. The number of hydrogen-bond donors (Lipinski definition) is 2. The molecule has 1 atom stereocenters. The number of nitrogens with zero attached hydrogens (tertiary/aromatic N) is 2. The highest BCUT2D eigenvalue weighted by molar-refractivity contribution is 6.01. The minimum Gasteiger partial charge on any atom is -0.355 e. The second-order valence-electron chi connectivity index (χ2n) is 7.30. The summed E-state index contributed by atoms with van der Waals surface area (Å²) in [7, 11) is 0. The first kappa shape index (κ1) is 22.8. The Morgan fingerprint density at radius 1 is 1.03 bits per heavy atom. The lowest BCUT2D eigenvalue weighted by molar-refractivity contribution is -0.197. The van der Waals surface area contributed by atoms with Crippen molar-refractivity contribution in [3.05, 3.63) is 0 Å². The van der Waals surface area contributed by atoms with Crippen LogP contribution < -0.4 is 10.6 Å². The maximum Gasteiger partial charge on any atom is 0.334 e. The van der Waals surface area contributed by atoms with Crippen LogP contribution in [0.5, 0.6) is 0 Å². The Bertz CT molecular complexity index is 622. The molecule has 162 valence electrons. The van der Waals surface area contributed by atoms with E-state index in [1.54, 1.807) is 0 Å². The smallest absolute Gasteiger partial charge is 0.334 e. The van der Waals surface area contributed by atoms with Crippen molar-refractivity contribution in [1.29, 1.82) is 0 Å². The van der Waals surface area contributed by atoms with Gasteiger partial charge in [-0.15, -0.1) is 5.06 Å². The summed E-state index contributed by atoms with van der Waals surface area (Å²) in [5.41, 5.74) is 0. The van der Waals surface area contributed by atoms with E-state index in [4.69, 9.17) is 4.84 Å². The van der Waals surface area contributed by atoms with Gasteiger partial charge in [-0.25, -0.2) is 4.79 Å². The molecule has 1 unspecified atom stereocenters. The van der Waals surface area contributed by atoms with Crippen molar-refractivity contribution in [3.63, 3.8) is 0 Å². The predicted molar refractivity (Wildman–Crippen MR) is 102 cm³/mol. The normalized spacial score (nSPS) is 19.5. The molecule has 0 aromatic rings. The summed E-state index contributed by atoms with van der Waals surface area (Å²) in [5, 5.41) is 5.76. The summed E-state index contributed by atoms with van der Waals surface area (Å²) in [6, 6.07) is 0.472. The largest absolute Gasteiger partial charge is 0.355 e. The van der Waals surface area contributed by atoms with Crippen molar-refractivity contribution in [1.82, 2.24) is 20.6 Å². The molecule has 10 heteroatoms. The molecule has 0 radical (unpaired) electrons. The molecular weight excluding hydrogens is 389 g/mol. The van der Waals surface area contributed by atoms with Gasteiger partial charge in [-0.1, -0.05) is 13.3 Å². The lowest BCUT2D eigenvalue weighted by Gasteiger charge is -2.23. The molecule has 2 aliphatic rings. The first-order chi connectivity index (χ1) is 13.9. The van der Waals surface area contributed by atoms with Gasteiger partial charge in [0.15, 0.2) is 0 Å². The highest BCUT2D eigenvalue weighted by Crippen LogP contribution is 2.20. The van der Waals surface area contributed by atoms with E-state index in [2.05, 4.69) is 22.5 Å². The molecule has 10 nitrogen and oxygen atoms in total. The lowest BCUT2D eigenvalue weighted by atomic mass is 10.1. The predicted octanol–water partition coefficient (Wildman–Crippen LogP) is -0.129. The number of hydroxylamine groups is 2. The fourth-order valence-corrected chi connectivity index (χ4v) is 3.52. The number of amides is 4. The molecule has 0 spiro atoms. The summed E-state index contributed by atoms with van der Waals surface area (Å²) < 4.78 is 0. The number of carbonyl (C=O) groups excluding carboxylic acids is 5. The number of likely N-dealkylation sites (tertiary alicyclic amines) is 1. The standard InChI is InChI=1S/C19H30N4O6/c1-2-4-14-5-3-12-22(14)13-16(25)21-10-8-15(24)20-11-9-19(28)29-23-17(26)6-7-18(23)27/h14H,2-13H2,1H3,(H,20,24)(H,21,25)/i8+1,9+1,10+1,11+1,15+1,16+1,19+1,20+1,21+1. The maximum atomic E-state index is 12.0. The Morgan fingerprint density at radius 3 is 2.38 bits per heavy atom. The average Bonchev–Trinajstić information content (AvgIpc) is 3.23. The summed E-state index contributed by atoms with van der Waals surface area (Å²) in [6.07, 6.45) is 4.44. The van der Waals surface area contributed by atoms with Gasteiger partial charge in [0.2, 0.25) is 11.8 Å². The number of nitrogens with one attached hydrogen (secondary N) is 2. The van der Waals surface area contributed by atoms with Crippen molar-refractivity contribution in [2.24, 2.45) is 0 Å². The van der Waals surface area contributed by atoms with E-state index in [-0.39, 0.29) is 50.6 Å². The van der Waals surface area contributed by atoms with Crippen LogP contribution in [0.2, 0.25) is 0 Å². The van der Waals surface area contributed by atoms with Gasteiger partial charge >= 0.3 is 5.97 Å². The van der Waals surface area contributed by atoms with Crippen molar-refractivity contribution >= 4 is 29.6 Å². The summed E-state index contributed by atoms with van der Waals surface area (Å²) in [4.78, 5) is 65.1. The molecule has 0 aromatic heterocycles. The molecule has 0 saturated carbocycles. The molecule has 0 aliphatic carbocycles. The summed E-state index contributed by atoms with van der Waals surface area (Å²) in [6.45, 7) is 3.67. The molecule has 2 aliphatic heterocycles. The number of imide groups is 1. The minimum atomic E-state index is -0.769. The van der Waals surface area contributed by atoms with E-state index in [9.17, 15) is 24.0 Å². The minimum absolute atomic E-state index is 0.0221. The fourth-order valence-electron chi connectivity index (χ4n) is 3.52. The Morgan fingerprint density at radius 2 is 1.69 bits per heavy atom. The zero-order valence-electron chi connectivity index (χ0n) is 16.9. The Balaban J connectivity index is 1.54. The second-order valence-corrected chi connectivity index (χ2v) is 7.30. The number of carbonyl (C=O) groups is 5. The van der Waals surface area contributed by atoms with E-state index in [1.807, 2.05) is 0 Å². The van der Waals surface area contributed by atoms with E-state index in [1.165, 1.54) is 0 Å². The van der Waals surface area contributed by atoms with Gasteiger partial charge < -0.3 is 15.5 Å². The molecular formula is C19H30N4O6. The van der Waals surface area contributed by atoms with Gasteiger partial charge in [-0.2, -0.15) is 0 Å². The van der Waals surface area contributed by atoms with Gasteiger partial charge in [-0.05, 0) is 25.8 Å². The van der Waals surface area contributed by atoms with Crippen LogP contribution in [0, 0.1) is 0 Å². The first-order valence-electron chi connectivity index (χ1n) is 10.2. The molecule has 2 fully saturated rings. The summed E-state index contributed by atoms with van der Waals surface area (Å²) >= 11 is 0. The fraction of sp³-hybridized carbons (Fsp3) is 0.737. The van der Waals surface area contributed by atoms with Gasteiger partial charge in [0.1, 0.15) is 0 Å². The van der Waals surface area contributed by atoms with E-state index >= 15 is 0 Å². The molecule has 29 heavy (non-hydrogen) atoms. The van der Waals surface area contributed by atoms with Gasteiger partial charge in [0, 0.05) is 38.4 Å². The Labute approximate surface area is 170 Å². The zero-order chi connectivity index (χ0) is 21.2. The van der Waals surface area contributed by atoms with Crippen LogP contribution in [0.1, 0.15) is 58.3 Å². The van der Waals surface area contributed by atoms with Crippen LogP contribution in [0.3, 0.4) is 0 Å². The van der Waals surface area contributed by atoms with Crippen LogP contribution in [0.15, 0.2) is 0 Å². The van der Waals surface area contributed by atoms with Crippen molar-refractivity contribution < 1.29 is 28.8 Å². The molecule has 2 rings (SSSR count). The quantitative estimate of drug-likeness (QED) is 0.272. The molecule has 0 aromatic carbocycles. The highest BCUT2D eigenvalue weighted by Gasteiger charge is 2.32. The maximum absolute atomic E-state index is 12.0. The molecule has 4 amide bonds. The third kappa shape index (κ3) is 7.45. The number of hydrogen-bond acceptors (Lipinski definition) is 7. The SMILES string of the molecule is CCCC1CCCN1C[13C](=O)[15NH][13CH2][13CH2][13C](=O)[15NH][13CH2][13CH2][13C](=O)ON1C(=O)CCC1=O. The first-order valence-corrected chi connectivity index (χ1v) is 10.2. The van der Waals surface area contributed by atoms with Gasteiger partial charge in [0.05, 0.1) is 13.0 Å². The van der Waals surface area contributed by atoms with E-state index in [0.29, 0.717) is 17.6 Å². The monoisotopic (exact) mass is 419 g/mol. The molecule has 2 heterocycles. The van der Waals surface area contributed by atoms with Gasteiger partial charge in [-0.3, -0.25) is 24.1 Å². The topological polar surface area (TPSA) is 125 Å². The highest BCUT2D eigenvalue weighted by atomic mass is 16.8. The van der Waals surface area contributed by atoms with Crippen LogP contribution in [0.4, 0.5) is 0 Å². The van der Waals surface area contributed by atoms with Crippen molar-refractivity contribution in [2.75, 3.05) is 26.2 Å². The van der Waals surface area contributed by atoms with Crippen molar-refractivity contribution in [2.45, 2.75) is 64.3 Å². The van der Waals surface area contributed by atoms with Crippen LogP contribution in [-0.4, -0.2) is 71.8 Å². The van der Waals surface area contributed by atoms with Gasteiger partial charge in [0.25, 0.3) is 11.8 Å². The van der Waals surface area contributed by atoms with Crippen LogP contribution >= 0.6 is 0 Å². The second kappa shape index (κ2) is 11.5. The van der Waals surface area contributed by atoms with Crippen LogP contribution in [0.25, 0.3) is 0 Å². The molecule has 0 bridgehead atoms. The Hall–Kier alpha value is -2.49. The van der Waals surface area contributed by atoms with Crippen molar-refractivity contribution in [3.8, 4) is 0 Å². The molecule has 2 N–H and O–H groups in total. The summed E-state index contributed by atoms with van der Waals surface area (Å²) in [5.74, 6) is -2.26. The molecule has 2 saturated heterocycles.